The van der Waals surface area contributed by atoms with E-state index in [1.807, 2.05) is 24.3 Å². The molecule has 236 valence electrons. The van der Waals surface area contributed by atoms with Gasteiger partial charge < -0.3 is 29.2 Å². The van der Waals surface area contributed by atoms with Gasteiger partial charge in [0.2, 0.25) is 0 Å². The fraction of sp³-hybridized carbons (Fsp3) is 0.471. The number of aromatic nitrogens is 2. The van der Waals surface area contributed by atoms with Gasteiger partial charge in [0.25, 0.3) is 11.1 Å². The highest BCUT2D eigenvalue weighted by molar-refractivity contribution is 6.33. The van der Waals surface area contributed by atoms with Crippen LogP contribution >= 0.6 is 23.2 Å². The Bertz CT molecular complexity index is 1560. The molecule has 2 N–H and O–H groups in total. The van der Waals surface area contributed by atoms with Gasteiger partial charge in [-0.2, -0.15) is 0 Å². The minimum atomic E-state index is -0.129. The van der Waals surface area contributed by atoms with E-state index in [1.54, 1.807) is 24.5 Å². The van der Waals surface area contributed by atoms with Gasteiger partial charge in [-0.05, 0) is 101 Å². The number of ether oxygens (including phenoxy) is 2. The van der Waals surface area contributed by atoms with Crippen LogP contribution in [0.15, 0.2) is 58.4 Å². The van der Waals surface area contributed by atoms with Crippen LogP contribution in [-0.2, 0) is 0 Å². The van der Waals surface area contributed by atoms with E-state index >= 15 is 0 Å². The smallest absolute Gasteiger partial charge is 0.255 e. The quantitative estimate of drug-likeness (QED) is 0.239. The predicted molar refractivity (Wildman–Crippen MR) is 180 cm³/mol. The highest BCUT2D eigenvalue weighted by Gasteiger charge is 2.24. The van der Waals surface area contributed by atoms with Gasteiger partial charge in [0, 0.05) is 61.4 Å². The molecule has 2 aliphatic rings. The second-order valence-corrected chi connectivity index (χ2v) is 13.1. The Balaban J connectivity index is 0.000000175. The summed E-state index contributed by atoms with van der Waals surface area (Å²) < 4.78 is 12.2. The molecule has 2 saturated heterocycles. The largest absolute Gasteiger partial charge is 0.489 e. The Kier molecular flexibility index (Phi) is 10.6. The van der Waals surface area contributed by atoms with Gasteiger partial charge in [0.1, 0.15) is 23.7 Å². The topological polar surface area (TPSA) is 90.7 Å². The average molecular weight is 642 g/mol. The van der Waals surface area contributed by atoms with Gasteiger partial charge in [-0.25, -0.2) is 0 Å². The number of halogens is 2. The third-order valence-electron chi connectivity index (χ3n) is 8.65. The molecule has 0 spiro atoms. The third-order valence-corrected chi connectivity index (χ3v) is 9.24. The van der Waals surface area contributed by atoms with E-state index in [1.165, 1.54) is 0 Å². The van der Waals surface area contributed by atoms with Gasteiger partial charge in [-0.15, -0.1) is 0 Å². The molecule has 0 unspecified atom stereocenters. The molecule has 2 aromatic carbocycles. The number of likely N-dealkylation sites (tertiary alicyclic amines) is 2. The Hall–Kier alpha value is -3.04. The van der Waals surface area contributed by atoms with Crippen molar-refractivity contribution in [1.82, 2.24) is 19.8 Å². The van der Waals surface area contributed by atoms with Crippen LogP contribution in [0.2, 0.25) is 10.0 Å². The predicted octanol–water partition coefficient (Wildman–Crippen LogP) is 6.87. The summed E-state index contributed by atoms with van der Waals surface area (Å²) in [7, 11) is 0. The Labute approximate surface area is 268 Å². The minimum absolute atomic E-state index is 0.129. The lowest BCUT2D eigenvalue weighted by molar-refractivity contribution is 0.0843. The van der Waals surface area contributed by atoms with Crippen LogP contribution in [0, 0.1) is 0 Å². The summed E-state index contributed by atoms with van der Waals surface area (Å²) in [6.07, 6.45) is 7.67. The summed E-state index contributed by atoms with van der Waals surface area (Å²) in [5.74, 6) is 1.34. The summed E-state index contributed by atoms with van der Waals surface area (Å²) in [5.41, 5.74) is -0.257. The zero-order valence-corrected chi connectivity index (χ0v) is 27.4. The number of hydrogen-bond donors (Lipinski definition) is 2. The van der Waals surface area contributed by atoms with Crippen molar-refractivity contribution in [3.63, 3.8) is 0 Å². The van der Waals surface area contributed by atoms with Crippen LogP contribution in [0.25, 0.3) is 21.5 Å². The van der Waals surface area contributed by atoms with Crippen molar-refractivity contribution >= 4 is 44.7 Å². The molecule has 44 heavy (non-hydrogen) atoms. The molecule has 2 fully saturated rings. The summed E-state index contributed by atoms with van der Waals surface area (Å²) in [4.78, 5) is 33.8. The lowest BCUT2D eigenvalue weighted by atomic mass is 10.1. The number of fused-ring (bicyclic) bond motifs is 2. The summed E-state index contributed by atoms with van der Waals surface area (Å²) in [6.45, 7) is 13.1. The van der Waals surface area contributed by atoms with E-state index in [0.717, 1.165) is 62.6 Å². The van der Waals surface area contributed by atoms with Crippen molar-refractivity contribution in [2.45, 2.75) is 77.7 Å². The second kappa shape index (κ2) is 14.4. The van der Waals surface area contributed by atoms with E-state index < -0.39 is 0 Å². The zero-order chi connectivity index (χ0) is 31.4. The highest BCUT2D eigenvalue weighted by Crippen LogP contribution is 2.32. The van der Waals surface area contributed by atoms with E-state index in [4.69, 9.17) is 32.7 Å². The van der Waals surface area contributed by atoms with Crippen LogP contribution in [0.3, 0.4) is 0 Å². The molecule has 0 amide bonds. The molecule has 0 atom stereocenters. The minimum Gasteiger partial charge on any atom is -0.489 e. The number of rotatable bonds is 6. The maximum absolute atomic E-state index is 11.8. The van der Waals surface area contributed by atoms with Crippen LogP contribution in [0.4, 0.5) is 0 Å². The molecule has 0 saturated carbocycles. The van der Waals surface area contributed by atoms with Gasteiger partial charge in [0.15, 0.2) is 0 Å². The normalized spacial score (nSPS) is 17.3. The molecule has 6 rings (SSSR count). The highest BCUT2D eigenvalue weighted by atomic mass is 35.5. The number of pyridine rings is 2. The summed E-state index contributed by atoms with van der Waals surface area (Å²) in [5, 5.41) is 3.88. The molecular formula is C34H42Cl2N4O4. The number of benzene rings is 2. The number of piperidine rings is 2. The van der Waals surface area contributed by atoms with Crippen molar-refractivity contribution in [3.05, 3.63) is 79.5 Å². The van der Waals surface area contributed by atoms with Crippen molar-refractivity contribution in [1.29, 1.82) is 0 Å². The molecule has 2 aromatic heterocycles. The molecular weight excluding hydrogens is 599 g/mol. The standard InChI is InChI=1S/2C17H21ClN2O2/c2*1-11(2)20-7-4-13(5-8-20)22-16-9-12-3-6-19-17(21)14(12)10-15(16)18/h2*3,6,9-11,13H,4-5,7-8H2,1-2H3,(H,19,21). The van der Waals surface area contributed by atoms with Crippen LogP contribution in [-0.4, -0.2) is 70.2 Å². The number of nitrogens with one attached hydrogen (secondary N) is 2. The van der Waals surface area contributed by atoms with E-state index in [0.29, 0.717) is 44.4 Å². The number of nitrogens with zero attached hydrogens (tertiary/aromatic N) is 2. The number of hydrogen-bond acceptors (Lipinski definition) is 6. The fourth-order valence-corrected chi connectivity index (χ4v) is 6.35. The van der Waals surface area contributed by atoms with E-state index in [-0.39, 0.29) is 23.3 Å². The number of aromatic amines is 2. The zero-order valence-electron chi connectivity index (χ0n) is 25.9. The lowest BCUT2D eigenvalue weighted by Crippen LogP contribution is -2.41. The molecule has 10 heteroatoms. The van der Waals surface area contributed by atoms with Gasteiger partial charge in [-0.3, -0.25) is 9.59 Å². The van der Waals surface area contributed by atoms with Crippen molar-refractivity contribution < 1.29 is 9.47 Å². The first-order valence-corrected chi connectivity index (χ1v) is 16.3. The maximum atomic E-state index is 11.8. The average Bonchev–Trinajstić information content (AvgIpc) is 3.00. The van der Waals surface area contributed by atoms with Crippen LogP contribution in [0.5, 0.6) is 11.5 Å². The molecule has 8 nitrogen and oxygen atoms in total. The first kappa shape index (κ1) is 32.4. The van der Waals surface area contributed by atoms with Crippen LogP contribution < -0.4 is 20.6 Å². The second-order valence-electron chi connectivity index (χ2n) is 12.2. The van der Waals surface area contributed by atoms with Gasteiger partial charge >= 0.3 is 0 Å². The van der Waals surface area contributed by atoms with Crippen molar-refractivity contribution in [3.8, 4) is 11.5 Å². The molecule has 0 bridgehead atoms. The molecule has 2 aliphatic heterocycles. The van der Waals surface area contributed by atoms with Crippen molar-refractivity contribution in [2.75, 3.05) is 26.2 Å². The Morgan fingerprint density at radius 3 is 1.36 bits per heavy atom. The monoisotopic (exact) mass is 640 g/mol. The Morgan fingerprint density at radius 1 is 0.659 bits per heavy atom. The van der Waals surface area contributed by atoms with E-state index in [2.05, 4.69) is 47.5 Å². The summed E-state index contributed by atoms with van der Waals surface area (Å²) in [6, 6.07) is 12.0. The molecule has 0 radical (unpaired) electrons. The maximum Gasteiger partial charge on any atom is 0.255 e. The van der Waals surface area contributed by atoms with Gasteiger partial charge in [-0.1, -0.05) is 23.2 Å². The molecule has 0 aliphatic carbocycles. The molecule has 4 aromatic rings. The first-order valence-electron chi connectivity index (χ1n) is 15.5. The fourth-order valence-electron chi connectivity index (χ4n) is 5.94. The Morgan fingerprint density at radius 2 is 1.02 bits per heavy atom. The third kappa shape index (κ3) is 7.78. The first-order chi connectivity index (χ1) is 21.1. The summed E-state index contributed by atoms with van der Waals surface area (Å²) >= 11 is 12.6. The SMILES string of the molecule is CC(C)N1CCC(Oc2cc3cc[nH]c(=O)c3cc2Cl)CC1.CC(C)N1CCC(Oc2cc3cc[nH]c(=O)c3cc2Cl)CC1. The lowest BCUT2D eigenvalue weighted by Gasteiger charge is -2.34. The molecule has 4 heterocycles. The van der Waals surface area contributed by atoms with Crippen LogP contribution in [0.1, 0.15) is 53.4 Å². The number of H-pyrrole nitrogens is 2. The van der Waals surface area contributed by atoms with Crippen molar-refractivity contribution in [2.24, 2.45) is 0 Å². The van der Waals surface area contributed by atoms with Gasteiger partial charge in [0.05, 0.1) is 10.0 Å². The van der Waals surface area contributed by atoms with E-state index in [9.17, 15) is 9.59 Å².